The van der Waals surface area contributed by atoms with Crippen LogP contribution in [0.15, 0.2) is 12.1 Å². The molecular weight excluding hydrogens is 309 g/mol. The van der Waals surface area contributed by atoms with Crippen LogP contribution in [-0.4, -0.2) is 19.8 Å². The second kappa shape index (κ2) is 6.26. The van der Waals surface area contributed by atoms with Gasteiger partial charge in [0.2, 0.25) is 0 Å². The molecule has 1 saturated heterocycles. The van der Waals surface area contributed by atoms with Crippen LogP contribution in [0.1, 0.15) is 17.2 Å². The van der Waals surface area contributed by atoms with Gasteiger partial charge in [-0.2, -0.15) is 13.2 Å². The van der Waals surface area contributed by atoms with Gasteiger partial charge >= 0.3 is 6.18 Å². The first-order valence-corrected chi connectivity index (χ1v) is 5.65. The van der Waals surface area contributed by atoms with Crippen molar-refractivity contribution in [2.75, 3.05) is 19.8 Å². The second-order valence-corrected chi connectivity index (χ2v) is 4.31. The lowest BCUT2D eigenvalue weighted by atomic mass is 9.99. The SMILES string of the molecule is Cl.Fc1c(Cl)ccc(C(F)(F)F)c1[C@@H]1COCCN1. The molecule has 2 nitrogen and oxygen atoms in total. The summed E-state index contributed by atoms with van der Waals surface area (Å²) in [5.74, 6) is -1.05. The van der Waals surface area contributed by atoms with Crippen LogP contribution in [-0.2, 0) is 10.9 Å². The van der Waals surface area contributed by atoms with Gasteiger partial charge in [0, 0.05) is 12.1 Å². The lowest BCUT2D eigenvalue weighted by molar-refractivity contribution is -0.139. The summed E-state index contributed by atoms with van der Waals surface area (Å²) in [6.07, 6.45) is -4.63. The number of nitrogens with one attached hydrogen (secondary N) is 1. The highest BCUT2D eigenvalue weighted by atomic mass is 35.5. The first-order valence-electron chi connectivity index (χ1n) is 5.27. The third-order valence-corrected chi connectivity index (χ3v) is 3.00. The van der Waals surface area contributed by atoms with Crippen molar-refractivity contribution in [2.24, 2.45) is 0 Å². The van der Waals surface area contributed by atoms with E-state index in [1.807, 2.05) is 0 Å². The number of alkyl halides is 3. The Balaban J connectivity index is 0.00000180. The fourth-order valence-electron chi connectivity index (χ4n) is 1.91. The summed E-state index contributed by atoms with van der Waals surface area (Å²) >= 11 is 5.54. The fourth-order valence-corrected chi connectivity index (χ4v) is 2.07. The molecule has 1 aromatic rings. The summed E-state index contributed by atoms with van der Waals surface area (Å²) in [6.45, 7) is 0.744. The summed E-state index contributed by atoms with van der Waals surface area (Å²) in [5, 5.41) is 2.46. The van der Waals surface area contributed by atoms with Crippen LogP contribution >= 0.6 is 24.0 Å². The molecule has 1 aliphatic rings. The number of benzene rings is 1. The third kappa shape index (κ3) is 3.51. The van der Waals surface area contributed by atoms with E-state index in [1.54, 1.807) is 0 Å². The maximum absolute atomic E-state index is 13.8. The Morgan fingerprint density at radius 3 is 2.53 bits per heavy atom. The molecule has 0 aromatic heterocycles. The molecule has 19 heavy (non-hydrogen) atoms. The van der Waals surface area contributed by atoms with Gasteiger partial charge in [-0.25, -0.2) is 4.39 Å². The molecule has 1 aliphatic heterocycles. The van der Waals surface area contributed by atoms with Gasteiger partial charge < -0.3 is 10.1 Å². The van der Waals surface area contributed by atoms with Crippen molar-refractivity contribution in [1.29, 1.82) is 0 Å². The molecule has 1 heterocycles. The Morgan fingerprint density at radius 2 is 2.00 bits per heavy atom. The van der Waals surface area contributed by atoms with Gasteiger partial charge in [0.15, 0.2) is 0 Å². The standard InChI is InChI=1S/C11H10ClF4NO.ClH/c12-7-2-1-6(11(14,15)16)9(10(7)13)8-5-18-4-3-17-8;/h1-2,8,17H,3-5H2;1H/t8-;/m0./s1. The minimum absolute atomic E-state index is 0. The number of ether oxygens (including phenoxy) is 1. The zero-order chi connectivity index (χ0) is 13.3. The summed E-state index contributed by atoms with van der Waals surface area (Å²) in [5.41, 5.74) is -1.50. The molecule has 1 fully saturated rings. The van der Waals surface area contributed by atoms with Crippen LogP contribution in [0.2, 0.25) is 5.02 Å². The Hall–Kier alpha value is -0.560. The molecule has 8 heteroatoms. The van der Waals surface area contributed by atoms with Gasteiger partial charge in [0.05, 0.1) is 29.8 Å². The third-order valence-electron chi connectivity index (χ3n) is 2.71. The Bertz CT molecular complexity index is 447. The van der Waals surface area contributed by atoms with Gasteiger partial charge in [-0.15, -0.1) is 12.4 Å². The van der Waals surface area contributed by atoms with Crippen molar-refractivity contribution in [3.8, 4) is 0 Å². The number of hydrogen-bond donors (Lipinski definition) is 1. The fraction of sp³-hybridized carbons (Fsp3) is 0.455. The topological polar surface area (TPSA) is 21.3 Å². The van der Waals surface area contributed by atoms with Crippen molar-refractivity contribution < 1.29 is 22.3 Å². The van der Waals surface area contributed by atoms with E-state index in [9.17, 15) is 17.6 Å². The zero-order valence-electron chi connectivity index (χ0n) is 9.56. The lowest BCUT2D eigenvalue weighted by Crippen LogP contribution is -2.36. The quantitative estimate of drug-likeness (QED) is 0.799. The summed E-state index contributed by atoms with van der Waals surface area (Å²) in [6, 6.07) is 0.860. The van der Waals surface area contributed by atoms with E-state index in [-0.39, 0.29) is 24.0 Å². The van der Waals surface area contributed by atoms with E-state index in [0.717, 1.165) is 12.1 Å². The number of rotatable bonds is 1. The van der Waals surface area contributed by atoms with E-state index in [4.69, 9.17) is 16.3 Å². The number of morpholine rings is 1. The molecule has 0 unspecified atom stereocenters. The highest BCUT2D eigenvalue weighted by Crippen LogP contribution is 2.38. The van der Waals surface area contributed by atoms with E-state index >= 15 is 0 Å². The summed E-state index contributed by atoms with van der Waals surface area (Å²) in [7, 11) is 0. The Labute approximate surface area is 118 Å². The molecule has 108 valence electrons. The normalized spacial score (nSPS) is 19.9. The average molecular weight is 320 g/mol. The van der Waals surface area contributed by atoms with Crippen LogP contribution in [0.3, 0.4) is 0 Å². The van der Waals surface area contributed by atoms with E-state index in [0.29, 0.717) is 13.2 Å². The predicted molar refractivity (Wildman–Crippen MR) is 65.2 cm³/mol. The van der Waals surface area contributed by atoms with Gasteiger partial charge in [0.25, 0.3) is 0 Å². The molecule has 0 saturated carbocycles. The first-order chi connectivity index (χ1) is 8.41. The molecule has 0 bridgehead atoms. The van der Waals surface area contributed by atoms with Crippen molar-refractivity contribution in [3.05, 3.63) is 34.1 Å². The van der Waals surface area contributed by atoms with Gasteiger partial charge in [-0.05, 0) is 12.1 Å². The minimum Gasteiger partial charge on any atom is -0.378 e. The molecule has 0 radical (unpaired) electrons. The van der Waals surface area contributed by atoms with Crippen molar-refractivity contribution >= 4 is 24.0 Å². The average Bonchev–Trinajstić information content (AvgIpc) is 2.32. The van der Waals surface area contributed by atoms with Crippen LogP contribution in [0.25, 0.3) is 0 Å². The summed E-state index contributed by atoms with van der Waals surface area (Å²) < 4.78 is 57.4. The van der Waals surface area contributed by atoms with Crippen LogP contribution in [0.5, 0.6) is 0 Å². The minimum atomic E-state index is -4.63. The highest BCUT2D eigenvalue weighted by Gasteiger charge is 2.38. The largest absolute Gasteiger partial charge is 0.416 e. The van der Waals surface area contributed by atoms with E-state index < -0.39 is 29.2 Å². The highest BCUT2D eigenvalue weighted by molar-refractivity contribution is 6.30. The molecule has 1 aromatic carbocycles. The number of halogens is 6. The van der Waals surface area contributed by atoms with Crippen LogP contribution in [0.4, 0.5) is 17.6 Å². The predicted octanol–water partition coefficient (Wildman–Crippen LogP) is 3.58. The van der Waals surface area contributed by atoms with E-state index in [1.165, 1.54) is 0 Å². The van der Waals surface area contributed by atoms with Crippen molar-refractivity contribution in [3.63, 3.8) is 0 Å². The number of hydrogen-bond acceptors (Lipinski definition) is 2. The monoisotopic (exact) mass is 319 g/mol. The maximum Gasteiger partial charge on any atom is 0.416 e. The van der Waals surface area contributed by atoms with E-state index in [2.05, 4.69) is 5.32 Å². The molecule has 1 atom stereocenters. The van der Waals surface area contributed by atoms with Gasteiger partial charge in [-0.1, -0.05) is 11.6 Å². The Kier molecular flexibility index (Phi) is 5.43. The molecule has 0 amide bonds. The molecule has 2 rings (SSSR count). The Morgan fingerprint density at radius 1 is 1.32 bits per heavy atom. The smallest absolute Gasteiger partial charge is 0.378 e. The van der Waals surface area contributed by atoms with Crippen LogP contribution in [0, 0.1) is 5.82 Å². The molecule has 1 N–H and O–H groups in total. The van der Waals surface area contributed by atoms with Crippen molar-refractivity contribution in [2.45, 2.75) is 12.2 Å². The van der Waals surface area contributed by atoms with Gasteiger partial charge in [-0.3, -0.25) is 0 Å². The summed E-state index contributed by atoms with van der Waals surface area (Å²) in [4.78, 5) is 0. The first kappa shape index (κ1) is 16.5. The zero-order valence-corrected chi connectivity index (χ0v) is 11.1. The van der Waals surface area contributed by atoms with Crippen LogP contribution < -0.4 is 5.32 Å². The second-order valence-electron chi connectivity index (χ2n) is 3.90. The molecular formula is C11H11Cl2F4NO. The molecule has 0 aliphatic carbocycles. The maximum atomic E-state index is 13.8. The van der Waals surface area contributed by atoms with Crippen molar-refractivity contribution in [1.82, 2.24) is 5.32 Å². The van der Waals surface area contributed by atoms with Gasteiger partial charge in [0.1, 0.15) is 5.82 Å². The lowest BCUT2D eigenvalue weighted by Gasteiger charge is -2.27. The molecule has 0 spiro atoms.